The summed E-state index contributed by atoms with van der Waals surface area (Å²) in [6.45, 7) is 4.71. The van der Waals surface area contributed by atoms with Gasteiger partial charge in [0.25, 0.3) is 0 Å². The molecule has 0 aliphatic carbocycles. The molecule has 0 spiro atoms. The zero-order chi connectivity index (χ0) is 12.9. The molecule has 3 N–H and O–H groups in total. The van der Waals surface area contributed by atoms with Crippen LogP contribution < -0.4 is 10.5 Å². The fourth-order valence-electron chi connectivity index (χ4n) is 1.44. The lowest BCUT2D eigenvalue weighted by atomic mass is 10.0. The molecular weight excluding hydrogens is 236 g/mol. The predicted octanol–water partition coefficient (Wildman–Crippen LogP) is 1.19. The van der Waals surface area contributed by atoms with Gasteiger partial charge in [-0.05, 0) is 17.0 Å². The Bertz CT molecular complexity index is 438. The number of nitrogens with two attached hydrogens (primary N) is 1. The topological polar surface area (TPSA) is 72.2 Å². The molecule has 96 valence electrons. The molecule has 0 saturated carbocycles. The molecule has 0 amide bonds. The van der Waals surface area contributed by atoms with E-state index >= 15 is 0 Å². The standard InChI is InChI=1S/C12H20N2O2S/c1-10(2)12-5-3-11(4-6-12)9-14-17(15,16)8-7-13/h3-6,10,14H,7-9,13H2,1-2H3. The molecule has 1 aromatic carbocycles. The highest BCUT2D eigenvalue weighted by molar-refractivity contribution is 7.89. The summed E-state index contributed by atoms with van der Waals surface area (Å²) in [7, 11) is -3.23. The van der Waals surface area contributed by atoms with Crippen molar-refractivity contribution in [3.63, 3.8) is 0 Å². The number of sulfonamides is 1. The average molecular weight is 256 g/mol. The summed E-state index contributed by atoms with van der Waals surface area (Å²) in [6, 6.07) is 7.94. The largest absolute Gasteiger partial charge is 0.329 e. The van der Waals surface area contributed by atoms with E-state index in [1.165, 1.54) is 5.56 Å². The highest BCUT2D eigenvalue weighted by atomic mass is 32.2. The van der Waals surface area contributed by atoms with Gasteiger partial charge in [-0.3, -0.25) is 0 Å². The lowest BCUT2D eigenvalue weighted by molar-refractivity contribution is 0.581. The van der Waals surface area contributed by atoms with Crippen LogP contribution in [0.1, 0.15) is 30.9 Å². The number of benzene rings is 1. The van der Waals surface area contributed by atoms with E-state index in [4.69, 9.17) is 5.73 Å². The zero-order valence-corrected chi connectivity index (χ0v) is 11.1. The molecule has 0 unspecified atom stereocenters. The van der Waals surface area contributed by atoms with E-state index in [1.54, 1.807) is 0 Å². The van der Waals surface area contributed by atoms with Crippen LogP contribution >= 0.6 is 0 Å². The van der Waals surface area contributed by atoms with Crippen molar-refractivity contribution in [1.82, 2.24) is 4.72 Å². The van der Waals surface area contributed by atoms with E-state index in [-0.39, 0.29) is 12.3 Å². The fraction of sp³-hybridized carbons (Fsp3) is 0.500. The molecule has 0 fully saturated rings. The summed E-state index contributed by atoms with van der Waals surface area (Å²) < 4.78 is 25.3. The van der Waals surface area contributed by atoms with Crippen LogP contribution in [-0.2, 0) is 16.6 Å². The van der Waals surface area contributed by atoms with Crippen molar-refractivity contribution >= 4 is 10.0 Å². The molecule has 0 heterocycles. The van der Waals surface area contributed by atoms with Crippen molar-refractivity contribution < 1.29 is 8.42 Å². The monoisotopic (exact) mass is 256 g/mol. The highest BCUT2D eigenvalue weighted by Crippen LogP contribution is 2.14. The van der Waals surface area contributed by atoms with E-state index in [2.05, 4.69) is 18.6 Å². The van der Waals surface area contributed by atoms with Crippen molar-refractivity contribution in [2.24, 2.45) is 5.73 Å². The molecule has 0 aliphatic heterocycles. The van der Waals surface area contributed by atoms with Gasteiger partial charge in [-0.1, -0.05) is 38.1 Å². The summed E-state index contributed by atoms with van der Waals surface area (Å²) in [6.07, 6.45) is 0. The first-order valence-electron chi connectivity index (χ1n) is 5.71. The Hall–Kier alpha value is -0.910. The first kappa shape index (κ1) is 14.2. The summed E-state index contributed by atoms with van der Waals surface area (Å²) in [5, 5.41) is 0. The molecule has 0 aromatic heterocycles. The molecular formula is C12H20N2O2S. The van der Waals surface area contributed by atoms with Crippen LogP contribution in [0.3, 0.4) is 0 Å². The quantitative estimate of drug-likeness (QED) is 0.803. The van der Waals surface area contributed by atoms with Gasteiger partial charge in [0, 0.05) is 13.1 Å². The van der Waals surface area contributed by atoms with Crippen LogP contribution in [0.25, 0.3) is 0 Å². The Kier molecular flexibility index (Phi) is 5.11. The van der Waals surface area contributed by atoms with Crippen LogP contribution in [-0.4, -0.2) is 20.7 Å². The lowest BCUT2D eigenvalue weighted by Gasteiger charge is -2.08. The molecule has 0 aliphatic rings. The van der Waals surface area contributed by atoms with Gasteiger partial charge in [0.2, 0.25) is 10.0 Å². The van der Waals surface area contributed by atoms with Crippen molar-refractivity contribution in [1.29, 1.82) is 0 Å². The maximum Gasteiger partial charge on any atom is 0.213 e. The molecule has 4 nitrogen and oxygen atoms in total. The first-order valence-corrected chi connectivity index (χ1v) is 7.36. The van der Waals surface area contributed by atoms with Crippen LogP contribution in [0.5, 0.6) is 0 Å². The third-order valence-corrected chi connectivity index (χ3v) is 3.89. The molecule has 0 radical (unpaired) electrons. The molecule has 1 aromatic rings. The van der Waals surface area contributed by atoms with Gasteiger partial charge in [-0.25, -0.2) is 13.1 Å². The lowest BCUT2D eigenvalue weighted by Crippen LogP contribution is -2.29. The minimum Gasteiger partial charge on any atom is -0.329 e. The highest BCUT2D eigenvalue weighted by Gasteiger charge is 2.08. The minimum atomic E-state index is -3.23. The fourth-order valence-corrected chi connectivity index (χ4v) is 2.28. The minimum absolute atomic E-state index is 0.0307. The average Bonchev–Trinajstić information content (AvgIpc) is 2.27. The molecule has 5 heteroatoms. The van der Waals surface area contributed by atoms with Gasteiger partial charge in [-0.15, -0.1) is 0 Å². The molecule has 0 atom stereocenters. The summed E-state index contributed by atoms with van der Waals surface area (Å²) in [4.78, 5) is 0. The van der Waals surface area contributed by atoms with E-state index < -0.39 is 10.0 Å². The summed E-state index contributed by atoms with van der Waals surface area (Å²) >= 11 is 0. The van der Waals surface area contributed by atoms with E-state index in [0.717, 1.165) is 5.56 Å². The second kappa shape index (κ2) is 6.14. The van der Waals surface area contributed by atoms with Crippen LogP contribution in [0.2, 0.25) is 0 Å². The van der Waals surface area contributed by atoms with Crippen LogP contribution in [0.4, 0.5) is 0 Å². The number of rotatable bonds is 6. The Balaban J connectivity index is 2.59. The third-order valence-electron chi connectivity index (χ3n) is 2.53. The summed E-state index contributed by atoms with van der Waals surface area (Å²) in [5.74, 6) is 0.454. The Labute approximate surface area is 103 Å². The van der Waals surface area contributed by atoms with Crippen molar-refractivity contribution in [2.75, 3.05) is 12.3 Å². The Morgan fingerprint density at radius 1 is 1.24 bits per heavy atom. The molecule has 0 saturated heterocycles. The van der Waals surface area contributed by atoms with Crippen LogP contribution in [0, 0.1) is 0 Å². The van der Waals surface area contributed by atoms with Crippen molar-refractivity contribution in [3.05, 3.63) is 35.4 Å². The smallest absolute Gasteiger partial charge is 0.213 e. The van der Waals surface area contributed by atoms with E-state index in [0.29, 0.717) is 12.5 Å². The van der Waals surface area contributed by atoms with E-state index in [9.17, 15) is 8.42 Å². The van der Waals surface area contributed by atoms with Gasteiger partial charge in [-0.2, -0.15) is 0 Å². The van der Waals surface area contributed by atoms with Gasteiger partial charge in [0.1, 0.15) is 0 Å². The normalized spacial score (nSPS) is 12.0. The maximum atomic E-state index is 11.4. The van der Waals surface area contributed by atoms with E-state index in [1.807, 2.05) is 24.3 Å². The van der Waals surface area contributed by atoms with Crippen molar-refractivity contribution in [3.8, 4) is 0 Å². The first-order chi connectivity index (χ1) is 7.94. The summed E-state index contributed by atoms with van der Waals surface area (Å²) in [5.41, 5.74) is 7.42. The zero-order valence-electron chi connectivity index (χ0n) is 10.3. The number of hydrogen-bond acceptors (Lipinski definition) is 3. The van der Waals surface area contributed by atoms with Crippen molar-refractivity contribution in [2.45, 2.75) is 26.3 Å². The second-order valence-electron chi connectivity index (χ2n) is 4.32. The Morgan fingerprint density at radius 3 is 2.29 bits per heavy atom. The number of nitrogens with one attached hydrogen (secondary N) is 1. The maximum absolute atomic E-state index is 11.4. The number of hydrogen-bond donors (Lipinski definition) is 2. The van der Waals surface area contributed by atoms with Gasteiger partial charge < -0.3 is 5.73 Å². The molecule has 17 heavy (non-hydrogen) atoms. The van der Waals surface area contributed by atoms with Gasteiger partial charge >= 0.3 is 0 Å². The molecule has 1 rings (SSSR count). The SMILES string of the molecule is CC(C)c1ccc(CNS(=O)(=O)CCN)cc1. The third kappa shape index (κ3) is 4.85. The van der Waals surface area contributed by atoms with Gasteiger partial charge in [0.05, 0.1) is 5.75 Å². The second-order valence-corrected chi connectivity index (χ2v) is 6.25. The molecule has 0 bridgehead atoms. The van der Waals surface area contributed by atoms with Crippen LogP contribution in [0.15, 0.2) is 24.3 Å². The Morgan fingerprint density at radius 2 is 1.82 bits per heavy atom. The predicted molar refractivity (Wildman–Crippen MR) is 70.2 cm³/mol. The van der Waals surface area contributed by atoms with Gasteiger partial charge in [0.15, 0.2) is 0 Å².